The van der Waals surface area contributed by atoms with E-state index < -0.39 is 0 Å². The van der Waals surface area contributed by atoms with Gasteiger partial charge >= 0.3 is 0 Å². The van der Waals surface area contributed by atoms with Crippen molar-refractivity contribution in [1.29, 1.82) is 0 Å². The summed E-state index contributed by atoms with van der Waals surface area (Å²) >= 11 is 0. The van der Waals surface area contributed by atoms with Crippen LogP contribution in [-0.4, -0.2) is 67.2 Å². The molecule has 0 bridgehead atoms. The molecule has 3 heterocycles. The number of carbonyl (C=O) groups excluding carboxylic acids is 1. The molecule has 7 heteroatoms. The molecular formula is C21H27N5O2. The Morgan fingerprint density at radius 3 is 2.39 bits per heavy atom. The van der Waals surface area contributed by atoms with E-state index >= 15 is 0 Å². The largest absolute Gasteiger partial charge is 0.497 e. The Labute approximate surface area is 165 Å². The number of amides is 1. The molecule has 4 rings (SSSR count). The van der Waals surface area contributed by atoms with E-state index in [-0.39, 0.29) is 11.8 Å². The number of piperazine rings is 1. The molecule has 1 aromatic carbocycles. The van der Waals surface area contributed by atoms with Crippen LogP contribution in [0.15, 0.2) is 42.7 Å². The van der Waals surface area contributed by atoms with Gasteiger partial charge in [-0.25, -0.2) is 9.97 Å². The van der Waals surface area contributed by atoms with Crippen molar-refractivity contribution in [3.8, 4) is 5.75 Å². The molecule has 0 saturated carbocycles. The summed E-state index contributed by atoms with van der Waals surface area (Å²) in [5, 5.41) is 0. The Bertz CT molecular complexity index is 775. The van der Waals surface area contributed by atoms with Crippen LogP contribution in [0.2, 0.25) is 0 Å². The minimum atomic E-state index is 0.0325. The molecule has 2 fully saturated rings. The molecule has 0 radical (unpaired) electrons. The number of hydrogen-bond donors (Lipinski definition) is 0. The van der Waals surface area contributed by atoms with E-state index in [2.05, 4.69) is 31.9 Å². The maximum Gasteiger partial charge on any atom is 0.227 e. The quantitative estimate of drug-likeness (QED) is 0.808. The van der Waals surface area contributed by atoms with E-state index in [1.807, 2.05) is 23.1 Å². The number of ether oxygens (including phenoxy) is 1. The average molecular weight is 381 g/mol. The first-order valence-electron chi connectivity index (χ1n) is 9.94. The summed E-state index contributed by atoms with van der Waals surface area (Å²) in [6, 6.07) is 9.94. The first-order chi connectivity index (χ1) is 13.7. The van der Waals surface area contributed by atoms with Crippen LogP contribution in [0.3, 0.4) is 0 Å². The van der Waals surface area contributed by atoms with Crippen molar-refractivity contribution >= 4 is 17.5 Å². The zero-order chi connectivity index (χ0) is 19.3. The Hall–Kier alpha value is -2.83. The minimum absolute atomic E-state index is 0.0325. The molecule has 2 aliphatic rings. The zero-order valence-corrected chi connectivity index (χ0v) is 16.3. The lowest BCUT2D eigenvalue weighted by atomic mass is 9.96. The van der Waals surface area contributed by atoms with Gasteiger partial charge in [-0.1, -0.05) is 0 Å². The van der Waals surface area contributed by atoms with Crippen molar-refractivity contribution in [2.24, 2.45) is 5.92 Å². The number of aromatic nitrogens is 2. The van der Waals surface area contributed by atoms with Gasteiger partial charge in [0.25, 0.3) is 0 Å². The van der Waals surface area contributed by atoms with Gasteiger partial charge in [0, 0.05) is 57.3 Å². The predicted octanol–water partition coefficient (Wildman–Crippen LogP) is 2.05. The molecule has 1 atom stereocenters. The standard InChI is InChI=1S/C21H27N5O2/c1-28-19-7-5-18(6-8-19)24-12-14-25(15-13-24)20(27)17-4-2-11-26(16-17)21-22-9-3-10-23-21/h3,5-10,17H,2,4,11-16H2,1H3/t17-/m0/s1. The molecule has 2 aromatic rings. The molecule has 148 valence electrons. The topological polar surface area (TPSA) is 61.8 Å². The summed E-state index contributed by atoms with van der Waals surface area (Å²) in [6.45, 7) is 4.87. The van der Waals surface area contributed by atoms with Crippen LogP contribution in [0.25, 0.3) is 0 Å². The molecule has 7 nitrogen and oxygen atoms in total. The molecule has 0 unspecified atom stereocenters. The minimum Gasteiger partial charge on any atom is -0.497 e. The van der Waals surface area contributed by atoms with E-state index in [4.69, 9.17) is 4.74 Å². The second-order valence-electron chi connectivity index (χ2n) is 7.34. The summed E-state index contributed by atoms with van der Waals surface area (Å²) in [7, 11) is 1.68. The second-order valence-corrected chi connectivity index (χ2v) is 7.34. The van der Waals surface area contributed by atoms with Gasteiger partial charge in [-0.15, -0.1) is 0 Å². The van der Waals surface area contributed by atoms with Crippen molar-refractivity contribution in [2.75, 3.05) is 56.2 Å². The number of nitrogens with zero attached hydrogens (tertiary/aromatic N) is 5. The van der Waals surface area contributed by atoms with Crippen LogP contribution in [-0.2, 0) is 4.79 Å². The van der Waals surface area contributed by atoms with Crippen molar-refractivity contribution in [2.45, 2.75) is 12.8 Å². The number of methoxy groups -OCH3 is 1. The number of hydrogen-bond acceptors (Lipinski definition) is 6. The summed E-state index contributed by atoms with van der Waals surface area (Å²) in [6.07, 6.45) is 5.46. The van der Waals surface area contributed by atoms with Gasteiger partial charge < -0.3 is 19.4 Å². The molecule has 2 aliphatic heterocycles. The average Bonchev–Trinajstić information content (AvgIpc) is 2.79. The SMILES string of the molecule is COc1ccc(N2CCN(C(=O)[C@H]3CCCN(c4ncccn4)C3)CC2)cc1. The highest BCUT2D eigenvalue weighted by molar-refractivity contribution is 5.80. The van der Waals surface area contributed by atoms with Gasteiger partial charge in [-0.3, -0.25) is 4.79 Å². The fourth-order valence-corrected chi connectivity index (χ4v) is 4.05. The van der Waals surface area contributed by atoms with E-state index in [0.717, 1.165) is 57.3 Å². The van der Waals surface area contributed by atoms with Crippen molar-refractivity contribution in [1.82, 2.24) is 14.9 Å². The number of piperidine rings is 1. The lowest BCUT2D eigenvalue weighted by molar-refractivity contribution is -0.136. The van der Waals surface area contributed by atoms with E-state index in [1.165, 1.54) is 5.69 Å². The third kappa shape index (κ3) is 4.03. The molecule has 28 heavy (non-hydrogen) atoms. The smallest absolute Gasteiger partial charge is 0.227 e. The molecule has 1 amide bonds. The van der Waals surface area contributed by atoms with Gasteiger partial charge in [0.15, 0.2) is 0 Å². The molecule has 0 aliphatic carbocycles. The summed E-state index contributed by atoms with van der Waals surface area (Å²) in [4.78, 5) is 28.3. The van der Waals surface area contributed by atoms with Gasteiger partial charge in [-0.2, -0.15) is 0 Å². The first-order valence-corrected chi connectivity index (χ1v) is 9.94. The fourth-order valence-electron chi connectivity index (χ4n) is 4.05. The molecule has 0 spiro atoms. The van der Waals surface area contributed by atoms with Crippen LogP contribution >= 0.6 is 0 Å². The molecule has 0 N–H and O–H groups in total. The molecular weight excluding hydrogens is 354 g/mol. The Morgan fingerprint density at radius 1 is 1.00 bits per heavy atom. The normalized spacial score (nSPS) is 20.2. The third-order valence-corrected chi connectivity index (χ3v) is 5.63. The predicted molar refractivity (Wildman–Crippen MR) is 109 cm³/mol. The van der Waals surface area contributed by atoms with E-state index in [9.17, 15) is 4.79 Å². The monoisotopic (exact) mass is 381 g/mol. The van der Waals surface area contributed by atoms with Gasteiger partial charge in [0.2, 0.25) is 11.9 Å². The van der Waals surface area contributed by atoms with E-state index in [0.29, 0.717) is 6.54 Å². The summed E-state index contributed by atoms with van der Waals surface area (Å²) in [5.41, 5.74) is 1.18. The first kappa shape index (κ1) is 18.5. The number of carbonyl (C=O) groups is 1. The van der Waals surface area contributed by atoms with Crippen LogP contribution in [0, 0.1) is 5.92 Å². The highest BCUT2D eigenvalue weighted by Gasteiger charge is 2.31. The van der Waals surface area contributed by atoms with Crippen molar-refractivity contribution in [3.63, 3.8) is 0 Å². The van der Waals surface area contributed by atoms with Gasteiger partial charge in [0.1, 0.15) is 5.75 Å². The summed E-state index contributed by atoms with van der Waals surface area (Å²) < 4.78 is 5.23. The van der Waals surface area contributed by atoms with Crippen LogP contribution in [0.1, 0.15) is 12.8 Å². The molecule has 1 aromatic heterocycles. The zero-order valence-electron chi connectivity index (χ0n) is 16.3. The lowest BCUT2D eigenvalue weighted by Gasteiger charge is -2.39. The number of rotatable bonds is 4. The lowest BCUT2D eigenvalue weighted by Crippen LogP contribution is -2.52. The summed E-state index contributed by atoms with van der Waals surface area (Å²) in [5.74, 6) is 1.89. The Kier molecular flexibility index (Phi) is 5.60. The maximum atomic E-state index is 13.1. The van der Waals surface area contributed by atoms with Gasteiger partial charge in [-0.05, 0) is 43.2 Å². The third-order valence-electron chi connectivity index (χ3n) is 5.63. The highest BCUT2D eigenvalue weighted by atomic mass is 16.5. The maximum absolute atomic E-state index is 13.1. The Balaban J connectivity index is 1.33. The van der Waals surface area contributed by atoms with Crippen molar-refractivity contribution in [3.05, 3.63) is 42.7 Å². The van der Waals surface area contributed by atoms with Crippen LogP contribution < -0.4 is 14.5 Å². The molecule has 2 saturated heterocycles. The highest BCUT2D eigenvalue weighted by Crippen LogP contribution is 2.24. The Morgan fingerprint density at radius 2 is 1.71 bits per heavy atom. The fraction of sp³-hybridized carbons (Fsp3) is 0.476. The van der Waals surface area contributed by atoms with Crippen LogP contribution in [0.4, 0.5) is 11.6 Å². The van der Waals surface area contributed by atoms with Crippen LogP contribution in [0.5, 0.6) is 5.75 Å². The van der Waals surface area contributed by atoms with Crippen molar-refractivity contribution < 1.29 is 9.53 Å². The second kappa shape index (κ2) is 8.46. The van der Waals surface area contributed by atoms with E-state index in [1.54, 1.807) is 19.5 Å². The van der Waals surface area contributed by atoms with Gasteiger partial charge in [0.05, 0.1) is 13.0 Å². The number of benzene rings is 1. The number of anilines is 2.